The van der Waals surface area contributed by atoms with Crippen LogP contribution in [0.4, 0.5) is 5.13 Å². The molecule has 1 amide bonds. The van der Waals surface area contributed by atoms with Crippen molar-refractivity contribution in [2.45, 2.75) is 30.6 Å². The van der Waals surface area contributed by atoms with Gasteiger partial charge in [0.25, 0.3) is 10.0 Å². The predicted molar refractivity (Wildman–Crippen MR) is 121 cm³/mol. The van der Waals surface area contributed by atoms with Crippen LogP contribution >= 0.6 is 11.3 Å². The van der Waals surface area contributed by atoms with Crippen LogP contribution < -0.4 is 10.0 Å². The van der Waals surface area contributed by atoms with Crippen LogP contribution in [0.25, 0.3) is 11.3 Å². The second-order valence-electron chi connectivity index (χ2n) is 7.54. The van der Waals surface area contributed by atoms with Crippen LogP contribution in [0.5, 0.6) is 0 Å². The van der Waals surface area contributed by atoms with Crippen LogP contribution in [0.2, 0.25) is 0 Å². The van der Waals surface area contributed by atoms with E-state index in [0.29, 0.717) is 10.7 Å². The lowest BCUT2D eigenvalue weighted by Crippen LogP contribution is -2.24. The number of amidine groups is 1. The van der Waals surface area contributed by atoms with Gasteiger partial charge in [0.2, 0.25) is 5.91 Å². The van der Waals surface area contributed by atoms with Crippen molar-refractivity contribution < 1.29 is 13.2 Å². The largest absolute Gasteiger partial charge is 0.300 e. The smallest absolute Gasteiger partial charge is 0.263 e. The maximum absolute atomic E-state index is 12.4. The Kier molecular flexibility index (Phi) is 5.07. The Morgan fingerprint density at radius 2 is 1.94 bits per heavy atom. The highest BCUT2D eigenvalue weighted by Gasteiger charge is 2.30. The number of aliphatic imine (C=N–C) groups is 1. The summed E-state index contributed by atoms with van der Waals surface area (Å²) < 4.78 is 26.6. The molecule has 5 rings (SSSR count). The summed E-state index contributed by atoms with van der Waals surface area (Å²) in [5.41, 5.74) is 5.16. The molecule has 158 valence electrons. The van der Waals surface area contributed by atoms with Gasteiger partial charge in [0.1, 0.15) is 12.4 Å². The average Bonchev–Trinajstić information content (AvgIpc) is 3.34. The maximum atomic E-state index is 12.4. The number of thiazole rings is 1. The van der Waals surface area contributed by atoms with Crippen molar-refractivity contribution >= 4 is 38.2 Å². The fourth-order valence-corrected chi connectivity index (χ4v) is 5.90. The van der Waals surface area contributed by atoms with Crippen LogP contribution in [0, 0.1) is 0 Å². The van der Waals surface area contributed by atoms with E-state index in [-0.39, 0.29) is 23.2 Å². The van der Waals surface area contributed by atoms with Gasteiger partial charge in [-0.3, -0.25) is 14.5 Å². The molecule has 3 aromatic rings. The van der Waals surface area contributed by atoms with E-state index < -0.39 is 10.0 Å². The lowest BCUT2D eigenvalue weighted by molar-refractivity contribution is -0.114. The van der Waals surface area contributed by atoms with Crippen LogP contribution in [-0.4, -0.2) is 31.7 Å². The zero-order chi connectivity index (χ0) is 21.4. The molecule has 9 heteroatoms. The molecule has 1 aliphatic heterocycles. The minimum absolute atomic E-state index is 0.170. The number of anilines is 1. The second kappa shape index (κ2) is 7.90. The van der Waals surface area contributed by atoms with Gasteiger partial charge in [-0.2, -0.15) is 0 Å². The monoisotopic (exact) mass is 452 g/mol. The van der Waals surface area contributed by atoms with Gasteiger partial charge in [0, 0.05) is 16.5 Å². The molecule has 2 aromatic carbocycles. The van der Waals surface area contributed by atoms with Crippen molar-refractivity contribution in [3.05, 3.63) is 64.5 Å². The van der Waals surface area contributed by atoms with Crippen LogP contribution in [0.15, 0.2) is 57.7 Å². The third-order valence-corrected chi connectivity index (χ3v) is 7.59. The normalized spacial score (nSPS) is 17.6. The minimum atomic E-state index is -3.62. The molecular weight excluding hydrogens is 432 g/mol. The van der Waals surface area contributed by atoms with E-state index in [2.05, 4.69) is 38.2 Å². The Balaban J connectivity index is 1.27. The lowest BCUT2D eigenvalue weighted by atomic mass is 9.90. The summed E-state index contributed by atoms with van der Waals surface area (Å²) in [4.78, 5) is 21.2. The van der Waals surface area contributed by atoms with Gasteiger partial charge in [-0.15, -0.1) is 11.3 Å². The number of fused-ring (bicyclic) bond motifs is 2. The standard InChI is InChI=1S/C22H20N4O3S2/c27-20(12-23-21-17-7-3-4-8-19(17)31(28,29)26-21)25-22-24-18(13-30-22)16-10-9-14-5-1-2-6-15(14)11-16/h3-4,7-11,13H,1-2,5-6,12H2,(H,23,26)(H,24,25,27). The van der Waals surface area contributed by atoms with Crippen molar-refractivity contribution in [1.29, 1.82) is 0 Å². The molecule has 0 unspecified atom stereocenters. The zero-order valence-corrected chi connectivity index (χ0v) is 18.2. The van der Waals surface area contributed by atoms with Crippen LogP contribution in [-0.2, 0) is 27.7 Å². The Morgan fingerprint density at radius 1 is 1.13 bits per heavy atom. The van der Waals surface area contributed by atoms with Crippen molar-refractivity contribution in [2.75, 3.05) is 11.9 Å². The molecule has 2 heterocycles. The molecule has 0 saturated carbocycles. The number of sulfonamides is 1. The molecule has 0 atom stereocenters. The van der Waals surface area contributed by atoms with E-state index in [1.54, 1.807) is 18.2 Å². The first kappa shape index (κ1) is 19.9. The van der Waals surface area contributed by atoms with Gasteiger partial charge >= 0.3 is 0 Å². The molecule has 0 fully saturated rings. The summed E-state index contributed by atoms with van der Waals surface area (Å²) in [6, 6.07) is 13.0. The summed E-state index contributed by atoms with van der Waals surface area (Å²) >= 11 is 1.35. The summed E-state index contributed by atoms with van der Waals surface area (Å²) in [7, 11) is -3.62. The Labute approximate surface area is 184 Å². The summed E-state index contributed by atoms with van der Waals surface area (Å²) in [5, 5.41) is 5.16. The number of aryl methyl sites for hydroxylation is 2. The van der Waals surface area contributed by atoms with Gasteiger partial charge in [-0.05, 0) is 55.0 Å². The SMILES string of the molecule is O=C(CN=C1NS(=O)(=O)c2ccccc21)Nc1nc(-c2ccc3c(c2)CCCC3)cs1. The summed E-state index contributed by atoms with van der Waals surface area (Å²) in [6.45, 7) is -0.208. The van der Waals surface area contributed by atoms with Crippen molar-refractivity contribution in [3.8, 4) is 11.3 Å². The fraction of sp³-hybridized carbons (Fsp3) is 0.227. The molecule has 7 nitrogen and oxygen atoms in total. The molecule has 0 saturated heterocycles. The van der Waals surface area contributed by atoms with Crippen molar-refractivity contribution in [1.82, 2.24) is 9.71 Å². The van der Waals surface area contributed by atoms with Crippen LogP contribution in [0.3, 0.4) is 0 Å². The highest BCUT2D eigenvalue weighted by atomic mass is 32.2. The molecule has 2 aliphatic rings. The van der Waals surface area contributed by atoms with E-state index in [0.717, 1.165) is 24.1 Å². The van der Waals surface area contributed by atoms with E-state index in [9.17, 15) is 13.2 Å². The number of nitrogens with zero attached hydrogens (tertiary/aromatic N) is 2. The first-order valence-corrected chi connectivity index (χ1v) is 12.4. The minimum Gasteiger partial charge on any atom is -0.300 e. The Morgan fingerprint density at radius 3 is 2.81 bits per heavy atom. The van der Waals surface area contributed by atoms with E-state index in [1.165, 1.54) is 41.4 Å². The molecular formula is C22H20N4O3S2. The van der Waals surface area contributed by atoms with Gasteiger partial charge in [-0.1, -0.05) is 24.3 Å². The molecule has 31 heavy (non-hydrogen) atoms. The molecule has 0 radical (unpaired) electrons. The van der Waals surface area contributed by atoms with Crippen molar-refractivity contribution in [3.63, 3.8) is 0 Å². The number of benzene rings is 2. The molecule has 1 aromatic heterocycles. The van der Waals surface area contributed by atoms with Gasteiger partial charge < -0.3 is 5.32 Å². The number of hydrogen-bond acceptors (Lipinski definition) is 6. The first-order valence-electron chi connectivity index (χ1n) is 10.0. The molecule has 0 bridgehead atoms. The maximum Gasteiger partial charge on any atom is 0.263 e. The number of carbonyl (C=O) groups is 1. The summed E-state index contributed by atoms with van der Waals surface area (Å²) in [5.74, 6) is -0.179. The fourth-order valence-electron chi connectivity index (χ4n) is 3.92. The number of nitrogens with one attached hydrogen (secondary N) is 2. The van der Waals surface area contributed by atoms with Crippen LogP contribution in [0.1, 0.15) is 29.5 Å². The third-order valence-electron chi connectivity index (χ3n) is 5.44. The predicted octanol–water partition coefficient (Wildman–Crippen LogP) is 3.37. The zero-order valence-electron chi connectivity index (χ0n) is 16.6. The Bertz CT molecular complexity index is 1310. The third kappa shape index (κ3) is 3.98. The highest BCUT2D eigenvalue weighted by Crippen LogP contribution is 2.29. The van der Waals surface area contributed by atoms with E-state index >= 15 is 0 Å². The molecule has 2 N–H and O–H groups in total. The Hall–Kier alpha value is -3.04. The topological polar surface area (TPSA) is 101 Å². The second-order valence-corrected chi connectivity index (χ2v) is 10.1. The quantitative estimate of drug-likeness (QED) is 0.634. The van der Waals surface area contributed by atoms with E-state index in [4.69, 9.17) is 0 Å². The van der Waals surface area contributed by atoms with Gasteiger partial charge in [-0.25, -0.2) is 13.4 Å². The number of amides is 1. The number of rotatable bonds is 4. The number of carbonyl (C=O) groups excluding carboxylic acids is 1. The van der Waals surface area contributed by atoms with Gasteiger partial charge in [0.15, 0.2) is 5.13 Å². The van der Waals surface area contributed by atoms with Crippen molar-refractivity contribution in [2.24, 2.45) is 4.99 Å². The summed E-state index contributed by atoms with van der Waals surface area (Å²) in [6.07, 6.45) is 4.70. The number of hydrogen-bond donors (Lipinski definition) is 2. The lowest BCUT2D eigenvalue weighted by Gasteiger charge is -2.16. The first-order chi connectivity index (χ1) is 15.0. The van der Waals surface area contributed by atoms with E-state index in [1.807, 2.05) is 5.38 Å². The molecule has 0 spiro atoms. The van der Waals surface area contributed by atoms with Gasteiger partial charge in [0.05, 0.1) is 10.6 Å². The number of aromatic nitrogens is 1. The average molecular weight is 453 g/mol. The molecule has 1 aliphatic carbocycles. The highest BCUT2D eigenvalue weighted by molar-refractivity contribution is 7.90.